The van der Waals surface area contributed by atoms with Crippen molar-refractivity contribution in [2.24, 2.45) is 21.8 Å². The summed E-state index contributed by atoms with van der Waals surface area (Å²) in [6.45, 7) is 6.79. The summed E-state index contributed by atoms with van der Waals surface area (Å²) in [6, 6.07) is 15.5. The second-order valence-corrected chi connectivity index (χ2v) is 15.7. The first-order chi connectivity index (χ1) is 24.4. The molecule has 16 heteroatoms. The predicted octanol–water partition coefficient (Wildman–Crippen LogP) is 1.60. The van der Waals surface area contributed by atoms with Gasteiger partial charge in [0.05, 0.1) is 51.8 Å². The minimum Gasteiger partial charge on any atom is -1.00 e. The molecule has 54 heavy (non-hydrogen) atoms. The molecule has 2 saturated heterocycles. The third-order valence-corrected chi connectivity index (χ3v) is 12.0. The maximum absolute atomic E-state index is 11.4. The van der Waals surface area contributed by atoms with Crippen molar-refractivity contribution in [2.45, 2.75) is 87.5 Å². The largest absolute Gasteiger partial charge is 2.00 e. The van der Waals surface area contributed by atoms with Gasteiger partial charge in [-0.3, -0.25) is 9.98 Å². The number of rotatable bonds is 10. The summed E-state index contributed by atoms with van der Waals surface area (Å²) < 4.78 is 35.0. The Bertz CT molecular complexity index is 1510. The van der Waals surface area contributed by atoms with E-state index in [1.54, 1.807) is 44.7 Å². The number of thioether (sulfide) groups is 2. The Balaban J connectivity index is 0.000000354. The number of nitrogens with zero attached hydrogens (tertiary/aromatic N) is 4. The molecular weight excluding hydrogens is 809 g/mol. The molecule has 0 aromatic heterocycles. The van der Waals surface area contributed by atoms with E-state index in [4.69, 9.17) is 38.4 Å². The van der Waals surface area contributed by atoms with Gasteiger partial charge >= 0.3 is 23.1 Å². The fourth-order valence-corrected chi connectivity index (χ4v) is 8.77. The monoisotopic (exact) mass is 862 g/mol. The Hall–Kier alpha value is -1.60. The molecule has 296 valence electrons. The van der Waals surface area contributed by atoms with Crippen LogP contribution in [0.25, 0.3) is 0 Å². The Morgan fingerprint density at radius 2 is 1.19 bits per heavy atom. The molecular formula is C38H55BrMgN4O8S2. The van der Waals surface area contributed by atoms with Gasteiger partial charge < -0.3 is 72.5 Å². The van der Waals surface area contributed by atoms with E-state index in [2.05, 4.69) is 6.92 Å². The van der Waals surface area contributed by atoms with E-state index in [0.29, 0.717) is 13.2 Å². The molecule has 0 amide bonds. The van der Waals surface area contributed by atoms with E-state index >= 15 is 0 Å². The van der Waals surface area contributed by atoms with E-state index in [9.17, 15) is 9.90 Å². The Kier molecular flexibility index (Phi) is 20.1. The second-order valence-electron chi connectivity index (χ2n) is 13.6. The van der Waals surface area contributed by atoms with E-state index in [1.165, 1.54) is 0 Å². The number of halogens is 1. The zero-order valence-electron chi connectivity index (χ0n) is 33.0. The van der Waals surface area contributed by atoms with Gasteiger partial charge in [0.2, 0.25) is 0 Å². The number of aliphatic imine (C=N–C) groups is 2. The van der Waals surface area contributed by atoms with E-state index in [0.717, 1.165) is 39.2 Å². The van der Waals surface area contributed by atoms with Crippen molar-refractivity contribution in [2.75, 3.05) is 42.4 Å². The van der Waals surface area contributed by atoms with Crippen LogP contribution >= 0.6 is 23.5 Å². The van der Waals surface area contributed by atoms with Crippen LogP contribution < -0.4 is 26.5 Å². The van der Waals surface area contributed by atoms with Crippen LogP contribution in [-0.2, 0) is 37.0 Å². The van der Waals surface area contributed by atoms with Crippen molar-refractivity contribution < 1.29 is 55.3 Å². The number of ether oxygens (including phenoxy) is 6. The first-order valence-corrected chi connectivity index (χ1v) is 19.0. The van der Waals surface area contributed by atoms with Crippen molar-refractivity contribution in [3.05, 3.63) is 67.1 Å². The average molecular weight is 864 g/mol. The van der Waals surface area contributed by atoms with Gasteiger partial charge in [-0.05, 0) is 42.3 Å². The van der Waals surface area contributed by atoms with Crippen LogP contribution in [0.15, 0.2) is 58.5 Å². The number of benzene rings is 2. The standard InChI is InChI=1S/C19H28N2O4S.C18H24N2O4S.CH3.BrH.Mg/c1-11-16(12(2)22)25-18-15(20-19(26-18)21(3)4)17(11)24-10-13-6-8-14(23-5)9-7-13;1-11-14(9-21)24-17-15(19-18(25-17)20(2)3)16(11)23-10-12-5-7-13(22-4)8-6-12;;;/h6-9,11-12,15-18,22H,10H2,1-5H3;5-9,11,14-17H,10H2,1-4H3;1H3;1H;/q;;-1;;+2/p-1/t11-,12?,15-,16+,17+,18-;11-,14-,15-,16+,17-;;;/m11.../s1. The molecule has 0 aliphatic carbocycles. The first-order valence-electron chi connectivity index (χ1n) is 17.2. The molecule has 1 unspecified atom stereocenters. The number of aliphatic hydroxyl groups is 1. The summed E-state index contributed by atoms with van der Waals surface area (Å²) in [5.74, 6) is 1.63. The van der Waals surface area contributed by atoms with Gasteiger partial charge in [-0.1, -0.05) is 61.6 Å². The van der Waals surface area contributed by atoms with Crippen molar-refractivity contribution in [1.29, 1.82) is 0 Å². The Labute approximate surface area is 356 Å². The van der Waals surface area contributed by atoms with Crippen molar-refractivity contribution in [1.82, 2.24) is 9.80 Å². The minimum absolute atomic E-state index is 0. The van der Waals surface area contributed by atoms with Gasteiger partial charge in [0.1, 0.15) is 46.8 Å². The van der Waals surface area contributed by atoms with Crippen LogP contribution in [0.5, 0.6) is 11.5 Å². The molecule has 0 spiro atoms. The molecule has 4 aliphatic rings. The van der Waals surface area contributed by atoms with Gasteiger partial charge in [-0.2, -0.15) is 0 Å². The number of fused-ring (bicyclic) bond motifs is 2. The summed E-state index contributed by atoms with van der Waals surface area (Å²) >= 11 is 3.15. The maximum atomic E-state index is 11.4. The third kappa shape index (κ3) is 11.7. The number of aliphatic hydroxyl groups excluding tert-OH is 1. The molecule has 11 atom stereocenters. The van der Waals surface area contributed by atoms with Gasteiger partial charge in [0, 0.05) is 40.0 Å². The number of hydrogen-bond donors (Lipinski definition) is 1. The van der Waals surface area contributed by atoms with Crippen molar-refractivity contribution in [3.63, 3.8) is 0 Å². The molecule has 0 bridgehead atoms. The summed E-state index contributed by atoms with van der Waals surface area (Å²) in [5.41, 5.74) is 1.84. The first kappa shape index (κ1) is 48.5. The van der Waals surface area contributed by atoms with Crippen molar-refractivity contribution >= 4 is 63.2 Å². The third-order valence-electron chi connectivity index (χ3n) is 9.43. The maximum Gasteiger partial charge on any atom is 2.00 e. The number of hydrogen-bond acceptors (Lipinski definition) is 14. The van der Waals surface area contributed by atoms with Crippen LogP contribution in [0.2, 0.25) is 0 Å². The van der Waals surface area contributed by atoms with Gasteiger partial charge in [0.25, 0.3) is 0 Å². The topological polar surface area (TPSA) is 124 Å². The van der Waals surface area contributed by atoms with Crippen LogP contribution in [-0.4, -0.2) is 150 Å². The second kappa shape index (κ2) is 22.4. The summed E-state index contributed by atoms with van der Waals surface area (Å²) in [7, 11) is 11.2. The number of aldehydes is 1. The quantitative estimate of drug-likeness (QED) is 0.212. The molecule has 2 fully saturated rings. The minimum atomic E-state index is -0.554. The molecule has 0 radical (unpaired) electrons. The normalized spacial score (nSPS) is 29.8. The molecule has 0 saturated carbocycles. The number of amidine groups is 2. The van der Waals surface area contributed by atoms with Crippen molar-refractivity contribution in [3.8, 4) is 11.5 Å². The molecule has 1 N–H and O–H groups in total. The average Bonchev–Trinajstić information content (AvgIpc) is 3.76. The molecule has 4 aliphatic heterocycles. The van der Waals surface area contributed by atoms with Gasteiger partial charge in [-0.25, -0.2) is 0 Å². The number of carbonyl (C=O) groups excluding carboxylic acids is 1. The number of methoxy groups -OCH3 is 2. The van der Waals surface area contributed by atoms with Crippen LogP contribution in [0.1, 0.15) is 31.9 Å². The SMILES string of the molecule is COc1ccc(CO[C@H]2[C@H](C)[C@@H](C(C)O)O[C@@H]3SC(N(C)C)=N[C@H]23)cc1.COc1ccc(CO[C@H]2[C@H](C)[C@@H](C=O)O[C@@H]3SC(N(C)C)=N[C@H]23)cc1.[Br-].[CH3-].[Mg+2]. The molecule has 6 rings (SSSR count). The molecule has 12 nitrogen and oxygen atoms in total. The number of carbonyl (C=O) groups is 1. The van der Waals surface area contributed by atoms with E-state index < -0.39 is 12.2 Å². The molecule has 2 aromatic carbocycles. The van der Waals surface area contributed by atoms with Gasteiger partial charge in [0.15, 0.2) is 10.3 Å². The predicted molar refractivity (Wildman–Crippen MR) is 214 cm³/mol. The van der Waals surface area contributed by atoms with E-state index in [-0.39, 0.29) is 101 Å². The summed E-state index contributed by atoms with van der Waals surface area (Å²) in [4.78, 5) is 25.0. The van der Waals surface area contributed by atoms with E-state index in [1.807, 2.05) is 93.4 Å². The van der Waals surface area contributed by atoms with Gasteiger partial charge in [-0.15, -0.1) is 0 Å². The molecule has 2 aromatic rings. The summed E-state index contributed by atoms with van der Waals surface area (Å²) in [6.07, 6.45) is -0.685. The Morgan fingerprint density at radius 3 is 1.56 bits per heavy atom. The Morgan fingerprint density at radius 1 is 0.778 bits per heavy atom. The fraction of sp³-hybridized carbons (Fsp3) is 0.579. The van der Waals surface area contributed by atoms with Crippen LogP contribution in [0, 0.1) is 19.3 Å². The summed E-state index contributed by atoms with van der Waals surface area (Å²) in [5, 5.41) is 12.0. The molecule has 4 heterocycles. The zero-order valence-corrected chi connectivity index (χ0v) is 37.6. The smallest absolute Gasteiger partial charge is 1.00 e. The van der Waals surface area contributed by atoms with Crippen LogP contribution in [0.4, 0.5) is 0 Å². The van der Waals surface area contributed by atoms with Crippen LogP contribution in [0.3, 0.4) is 0 Å². The fourth-order valence-electron chi connectivity index (χ4n) is 6.49. The zero-order chi connectivity index (χ0) is 36.8.